The number of pyridine rings is 1. The van der Waals surface area contributed by atoms with Crippen molar-refractivity contribution in [3.63, 3.8) is 0 Å². The molecule has 28 heavy (non-hydrogen) atoms. The molecule has 6 nitrogen and oxygen atoms in total. The summed E-state index contributed by atoms with van der Waals surface area (Å²) in [4.78, 5) is 28.7. The Labute approximate surface area is 160 Å². The molecule has 1 unspecified atom stereocenters. The van der Waals surface area contributed by atoms with Crippen LogP contribution in [0.2, 0.25) is 0 Å². The van der Waals surface area contributed by atoms with Crippen molar-refractivity contribution in [3.05, 3.63) is 60.7 Å². The van der Waals surface area contributed by atoms with Gasteiger partial charge in [0.25, 0.3) is 0 Å². The van der Waals surface area contributed by atoms with Crippen LogP contribution in [0.4, 0.5) is 14.9 Å². The minimum absolute atomic E-state index is 0.200. The fourth-order valence-electron chi connectivity index (χ4n) is 3.32. The Morgan fingerprint density at radius 1 is 1.25 bits per heavy atom. The first-order valence-electron chi connectivity index (χ1n) is 8.88. The lowest BCUT2D eigenvalue weighted by Crippen LogP contribution is -2.33. The molecule has 1 aromatic heterocycles. The van der Waals surface area contributed by atoms with Crippen molar-refractivity contribution >= 4 is 28.5 Å². The van der Waals surface area contributed by atoms with Crippen molar-refractivity contribution in [3.8, 4) is 11.1 Å². The number of nitrogens with one attached hydrogen (secondary N) is 1. The monoisotopic (exact) mass is 379 g/mol. The SMILES string of the molecule is CC(=O)NCC1CN(c2ccc(-c3cncc4ccccc34)c(F)c2)C(=O)O1. The summed E-state index contributed by atoms with van der Waals surface area (Å²) in [5.74, 6) is -0.651. The molecule has 2 amide bonds. The summed E-state index contributed by atoms with van der Waals surface area (Å²) in [6.45, 7) is 1.86. The van der Waals surface area contributed by atoms with Crippen LogP contribution < -0.4 is 10.2 Å². The topological polar surface area (TPSA) is 71.5 Å². The van der Waals surface area contributed by atoms with E-state index in [1.807, 2.05) is 24.3 Å². The second-order valence-electron chi connectivity index (χ2n) is 6.63. The van der Waals surface area contributed by atoms with Crippen LogP contribution in [0.25, 0.3) is 21.9 Å². The fraction of sp³-hybridized carbons (Fsp3) is 0.190. The molecule has 4 rings (SSSR count). The molecule has 2 aromatic carbocycles. The van der Waals surface area contributed by atoms with Crippen LogP contribution in [0.3, 0.4) is 0 Å². The van der Waals surface area contributed by atoms with Gasteiger partial charge < -0.3 is 10.1 Å². The van der Waals surface area contributed by atoms with Crippen LogP contribution in [0.5, 0.6) is 0 Å². The first kappa shape index (κ1) is 17.9. The van der Waals surface area contributed by atoms with Crippen LogP contribution in [0.1, 0.15) is 6.92 Å². The Bertz CT molecular complexity index is 1060. The summed E-state index contributed by atoms with van der Waals surface area (Å²) in [6.07, 6.45) is 2.34. The molecule has 3 aromatic rings. The van der Waals surface area contributed by atoms with Crippen LogP contribution in [0, 0.1) is 5.82 Å². The average molecular weight is 379 g/mol. The molecule has 0 radical (unpaired) electrons. The van der Waals surface area contributed by atoms with Gasteiger partial charge in [0.05, 0.1) is 18.8 Å². The maximum atomic E-state index is 14.9. The zero-order valence-electron chi connectivity index (χ0n) is 15.2. The largest absolute Gasteiger partial charge is 0.442 e. The third-order valence-corrected chi connectivity index (χ3v) is 4.68. The molecule has 2 heterocycles. The number of carbonyl (C=O) groups is 2. The third kappa shape index (κ3) is 3.38. The molecule has 0 spiro atoms. The van der Waals surface area contributed by atoms with E-state index in [1.54, 1.807) is 24.5 Å². The quantitative estimate of drug-likeness (QED) is 0.753. The number of halogens is 1. The molecule has 1 aliphatic heterocycles. The van der Waals surface area contributed by atoms with E-state index in [9.17, 15) is 14.0 Å². The van der Waals surface area contributed by atoms with Gasteiger partial charge in [0.1, 0.15) is 11.9 Å². The number of ether oxygens (including phenoxy) is 1. The van der Waals surface area contributed by atoms with Gasteiger partial charge >= 0.3 is 6.09 Å². The van der Waals surface area contributed by atoms with Gasteiger partial charge in [0.15, 0.2) is 0 Å². The second-order valence-corrected chi connectivity index (χ2v) is 6.63. The molecule has 1 fully saturated rings. The highest BCUT2D eigenvalue weighted by atomic mass is 19.1. The van der Waals surface area contributed by atoms with Crippen molar-refractivity contribution in [1.29, 1.82) is 0 Å². The van der Waals surface area contributed by atoms with Crippen molar-refractivity contribution < 1.29 is 18.7 Å². The van der Waals surface area contributed by atoms with E-state index >= 15 is 0 Å². The molecule has 0 saturated carbocycles. The summed E-state index contributed by atoms with van der Waals surface area (Å²) in [5, 5.41) is 4.44. The van der Waals surface area contributed by atoms with E-state index in [4.69, 9.17) is 4.74 Å². The molecule has 0 bridgehead atoms. The van der Waals surface area contributed by atoms with Gasteiger partial charge in [-0.05, 0) is 23.6 Å². The van der Waals surface area contributed by atoms with Crippen LogP contribution in [-0.4, -0.2) is 36.2 Å². The normalized spacial score (nSPS) is 16.3. The number of carbonyl (C=O) groups excluding carboxylic acids is 2. The number of fused-ring (bicyclic) bond motifs is 1. The molecular weight excluding hydrogens is 361 g/mol. The molecule has 0 aliphatic carbocycles. The highest BCUT2D eigenvalue weighted by Gasteiger charge is 2.32. The lowest BCUT2D eigenvalue weighted by molar-refractivity contribution is -0.119. The first-order valence-corrected chi connectivity index (χ1v) is 8.88. The average Bonchev–Trinajstić information content (AvgIpc) is 3.07. The minimum Gasteiger partial charge on any atom is -0.442 e. The Kier molecular flexibility index (Phi) is 4.65. The summed E-state index contributed by atoms with van der Waals surface area (Å²) < 4.78 is 20.2. The summed E-state index contributed by atoms with van der Waals surface area (Å²) >= 11 is 0. The summed E-state index contributed by atoms with van der Waals surface area (Å²) in [6, 6.07) is 12.3. The minimum atomic E-state index is -0.561. The van der Waals surface area contributed by atoms with Gasteiger partial charge in [0, 0.05) is 35.8 Å². The van der Waals surface area contributed by atoms with Crippen molar-refractivity contribution in [1.82, 2.24) is 10.3 Å². The first-order chi connectivity index (χ1) is 13.5. The van der Waals surface area contributed by atoms with Crippen LogP contribution >= 0.6 is 0 Å². The Hall–Kier alpha value is -3.48. The van der Waals surface area contributed by atoms with Crippen molar-refractivity contribution in [2.24, 2.45) is 0 Å². The molecule has 7 heteroatoms. The van der Waals surface area contributed by atoms with Gasteiger partial charge in [-0.3, -0.25) is 14.7 Å². The summed E-state index contributed by atoms with van der Waals surface area (Å²) in [5.41, 5.74) is 1.51. The predicted octanol–water partition coefficient (Wildman–Crippen LogP) is 3.50. The molecule has 1 atom stereocenters. The highest BCUT2D eigenvalue weighted by Crippen LogP contribution is 2.32. The number of anilines is 1. The number of cyclic esters (lactones) is 1. The standard InChI is InChI=1S/C21H18FN3O3/c1-13(26)24-10-16-12-25(21(27)28-16)15-6-7-18(20(22)8-15)19-11-23-9-14-4-2-3-5-17(14)19/h2-9,11,16H,10,12H2,1H3,(H,24,26). The van der Waals surface area contributed by atoms with E-state index in [0.717, 1.165) is 10.8 Å². The maximum Gasteiger partial charge on any atom is 0.414 e. The van der Waals surface area contributed by atoms with Gasteiger partial charge in [0.2, 0.25) is 5.91 Å². The van der Waals surface area contributed by atoms with Crippen molar-refractivity contribution in [2.45, 2.75) is 13.0 Å². The maximum absolute atomic E-state index is 14.9. The third-order valence-electron chi connectivity index (χ3n) is 4.68. The van der Waals surface area contributed by atoms with E-state index in [0.29, 0.717) is 16.8 Å². The lowest BCUT2D eigenvalue weighted by Gasteiger charge is -2.15. The number of aromatic nitrogens is 1. The van der Waals surface area contributed by atoms with Crippen molar-refractivity contribution in [2.75, 3.05) is 18.0 Å². The summed E-state index contributed by atoms with van der Waals surface area (Å²) in [7, 11) is 0. The number of hydrogen-bond acceptors (Lipinski definition) is 4. The lowest BCUT2D eigenvalue weighted by atomic mass is 10.00. The molecule has 1 N–H and O–H groups in total. The number of nitrogens with zero attached hydrogens (tertiary/aromatic N) is 2. The van der Waals surface area contributed by atoms with E-state index in [1.165, 1.54) is 17.9 Å². The van der Waals surface area contributed by atoms with Gasteiger partial charge in [-0.25, -0.2) is 9.18 Å². The van der Waals surface area contributed by atoms with E-state index < -0.39 is 18.0 Å². The van der Waals surface area contributed by atoms with Gasteiger partial charge in [-0.1, -0.05) is 24.3 Å². The van der Waals surface area contributed by atoms with Gasteiger partial charge in [-0.15, -0.1) is 0 Å². The zero-order valence-corrected chi connectivity index (χ0v) is 15.2. The molecule has 1 saturated heterocycles. The number of benzene rings is 2. The van der Waals surface area contributed by atoms with E-state index in [-0.39, 0.29) is 19.0 Å². The Balaban J connectivity index is 1.62. The van der Waals surface area contributed by atoms with Crippen LogP contribution in [-0.2, 0) is 9.53 Å². The zero-order chi connectivity index (χ0) is 19.7. The smallest absolute Gasteiger partial charge is 0.414 e. The fourth-order valence-corrected chi connectivity index (χ4v) is 3.32. The number of rotatable bonds is 4. The van der Waals surface area contributed by atoms with Gasteiger partial charge in [-0.2, -0.15) is 0 Å². The second kappa shape index (κ2) is 7.26. The highest BCUT2D eigenvalue weighted by molar-refractivity contribution is 5.96. The molecular formula is C21H18FN3O3. The Morgan fingerprint density at radius 3 is 2.86 bits per heavy atom. The molecule has 1 aliphatic rings. The molecule has 142 valence electrons. The predicted molar refractivity (Wildman–Crippen MR) is 103 cm³/mol. The number of amides is 2. The Morgan fingerprint density at radius 2 is 2.07 bits per heavy atom. The van der Waals surface area contributed by atoms with Crippen LogP contribution in [0.15, 0.2) is 54.9 Å². The number of hydrogen-bond donors (Lipinski definition) is 1. The van der Waals surface area contributed by atoms with E-state index in [2.05, 4.69) is 10.3 Å².